The number of nitriles is 1. The second kappa shape index (κ2) is 4.15. The molecule has 18 heavy (non-hydrogen) atoms. The van der Waals surface area contributed by atoms with E-state index in [1.165, 1.54) is 24.5 Å². The first kappa shape index (κ1) is 10.8. The number of hydrogen-bond acceptors (Lipinski definition) is 3. The number of phenols is 1. The molecule has 0 radical (unpaired) electrons. The summed E-state index contributed by atoms with van der Waals surface area (Å²) in [6.45, 7) is 0. The molecule has 0 saturated heterocycles. The van der Waals surface area contributed by atoms with E-state index in [9.17, 15) is 5.11 Å². The number of rotatable bonds is 2. The van der Waals surface area contributed by atoms with Gasteiger partial charge in [-0.2, -0.15) is 5.26 Å². The molecule has 1 aliphatic rings. The van der Waals surface area contributed by atoms with Crippen LogP contribution < -0.4 is 0 Å². The molecule has 1 aromatic heterocycles. The number of phenolic OH excluding ortho intramolecular Hbond substituents is 1. The standard InChI is InChI=1S/C15H12N2O/c16-8-10-5-13(7-14(18)6-10)15-4-3-12(9-17-15)11-1-2-11/h3-7,9,11,18H,1-2H2. The predicted octanol–water partition coefficient (Wildman–Crippen LogP) is 3.20. The zero-order chi connectivity index (χ0) is 12.5. The Balaban J connectivity index is 1.98. The quantitative estimate of drug-likeness (QED) is 0.871. The maximum atomic E-state index is 9.56. The number of hydrogen-bond donors (Lipinski definition) is 1. The third-order valence-electron chi connectivity index (χ3n) is 3.18. The molecule has 3 heteroatoms. The van der Waals surface area contributed by atoms with E-state index < -0.39 is 0 Å². The molecule has 1 fully saturated rings. The van der Waals surface area contributed by atoms with Gasteiger partial charge in [0.2, 0.25) is 0 Å². The van der Waals surface area contributed by atoms with Crippen molar-refractivity contribution in [3.63, 3.8) is 0 Å². The maximum absolute atomic E-state index is 9.56. The van der Waals surface area contributed by atoms with Gasteiger partial charge in [-0.15, -0.1) is 0 Å². The van der Waals surface area contributed by atoms with Crippen LogP contribution in [0.15, 0.2) is 36.5 Å². The lowest BCUT2D eigenvalue weighted by molar-refractivity contribution is 0.475. The highest BCUT2D eigenvalue weighted by Gasteiger charge is 2.23. The van der Waals surface area contributed by atoms with Gasteiger partial charge in [0.1, 0.15) is 5.75 Å². The van der Waals surface area contributed by atoms with Crippen LogP contribution in [0.1, 0.15) is 29.9 Å². The van der Waals surface area contributed by atoms with Gasteiger partial charge in [0.25, 0.3) is 0 Å². The lowest BCUT2D eigenvalue weighted by atomic mass is 10.1. The molecule has 88 valence electrons. The molecule has 3 nitrogen and oxygen atoms in total. The van der Waals surface area contributed by atoms with E-state index in [2.05, 4.69) is 11.1 Å². The number of aromatic hydroxyl groups is 1. The molecular formula is C15H12N2O. The topological polar surface area (TPSA) is 56.9 Å². The molecule has 1 saturated carbocycles. The van der Waals surface area contributed by atoms with E-state index in [-0.39, 0.29) is 5.75 Å². The fourth-order valence-corrected chi connectivity index (χ4v) is 2.06. The summed E-state index contributed by atoms with van der Waals surface area (Å²) in [6.07, 6.45) is 4.40. The van der Waals surface area contributed by atoms with E-state index in [1.807, 2.05) is 18.3 Å². The van der Waals surface area contributed by atoms with Crippen LogP contribution in [0.3, 0.4) is 0 Å². The molecule has 1 heterocycles. The molecule has 1 N–H and O–H groups in total. The second-order valence-electron chi connectivity index (χ2n) is 4.63. The van der Waals surface area contributed by atoms with Gasteiger partial charge in [0, 0.05) is 11.8 Å². The molecule has 0 atom stereocenters. The van der Waals surface area contributed by atoms with E-state index in [0.29, 0.717) is 11.5 Å². The van der Waals surface area contributed by atoms with Crippen molar-refractivity contribution in [2.24, 2.45) is 0 Å². The third-order valence-corrected chi connectivity index (χ3v) is 3.18. The van der Waals surface area contributed by atoms with Gasteiger partial charge in [-0.3, -0.25) is 4.98 Å². The fourth-order valence-electron chi connectivity index (χ4n) is 2.06. The summed E-state index contributed by atoms with van der Waals surface area (Å²) >= 11 is 0. The number of nitrogens with zero attached hydrogens (tertiary/aromatic N) is 2. The third kappa shape index (κ3) is 2.05. The Kier molecular flexibility index (Phi) is 2.49. The molecule has 2 aromatic rings. The van der Waals surface area contributed by atoms with Gasteiger partial charge in [0.05, 0.1) is 17.3 Å². The van der Waals surface area contributed by atoms with E-state index in [0.717, 1.165) is 11.3 Å². The van der Waals surface area contributed by atoms with Crippen LogP contribution in [-0.2, 0) is 0 Å². The molecule has 0 spiro atoms. The van der Waals surface area contributed by atoms with Crippen LogP contribution in [0.2, 0.25) is 0 Å². The fraction of sp³-hybridized carbons (Fsp3) is 0.200. The summed E-state index contributed by atoms with van der Waals surface area (Å²) < 4.78 is 0. The number of pyridine rings is 1. The number of benzene rings is 1. The normalized spacial score (nSPS) is 14.2. The monoisotopic (exact) mass is 236 g/mol. The van der Waals surface area contributed by atoms with Crippen LogP contribution in [0.25, 0.3) is 11.3 Å². The molecule has 0 unspecified atom stereocenters. The molecule has 0 amide bonds. The smallest absolute Gasteiger partial charge is 0.117 e. The van der Waals surface area contributed by atoms with Crippen molar-refractivity contribution in [1.82, 2.24) is 4.98 Å². The summed E-state index contributed by atoms with van der Waals surface area (Å²) in [5.74, 6) is 0.780. The Morgan fingerprint density at radius 1 is 1.22 bits per heavy atom. The highest BCUT2D eigenvalue weighted by atomic mass is 16.3. The van der Waals surface area contributed by atoms with Crippen molar-refractivity contribution in [3.8, 4) is 23.1 Å². The van der Waals surface area contributed by atoms with Gasteiger partial charge >= 0.3 is 0 Å². The van der Waals surface area contributed by atoms with Crippen molar-refractivity contribution < 1.29 is 5.11 Å². The van der Waals surface area contributed by atoms with Gasteiger partial charge in [0.15, 0.2) is 0 Å². The van der Waals surface area contributed by atoms with Gasteiger partial charge < -0.3 is 5.11 Å². The minimum Gasteiger partial charge on any atom is -0.508 e. The first-order valence-electron chi connectivity index (χ1n) is 5.97. The molecule has 0 aliphatic heterocycles. The van der Waals surface area contributed by atoms with Crippen LogP contribution >= 0.6 is 0 Å². The molecule has 0 bridgehead atoms. The van der Waals surface area contributed by atoms with Crippen molar-refractivity contribution in [1.29, 1.82) is 5.26 Å². The van der Waals surface area contributed by atoms with Crippen molar-refractivity contribution in [2.75, 3.05) is 0 Å². The SMILES string of the molecule is N#Cc1cc(O)cc(-c2ccc(C3CC3)cn2)c1. The highest BCUT2D eigenvalue weighted by molar-refractivity contribution is 5.64. The van der Waals surface area contributed by atoms with Gasteiger partial charge in [-0.1, -0.05) is 6.07 Å². The Bertz CT molecular complexity index is 622. The predicted molar refractivity (Wildman–Crippen MR) is 68.0 cm³/mol. The zero-order valence-electron chi connectivity index (χ0n) is 9.80. The van der Waals surface area contributed by atoms with E-state index in [1.54, 1.807) is 12.1 Å². The Morgan fingerprint density at radius 2 is 2.06 bits per heavy atom. The Labute approximate surface area is 105 Å². The molecule has 1 aromatic carbocycles. The first-order chi connectivity index (χ1) is 8.76. The first-order valence-corrected chi connectivity index (χ1v) is 5.97. The van der Waals surface area contributed by atoms with Gasteiger partial charge in [-0.25, -0.2) is 0 Å². The van der Waals surface area contributed by atoms with Crippen molar-refractivity contribution in [3.05, 3.63) is 47.7 Å². The van der Waals surface area contributed by atoms with E-state index >= 15 is 0 Å². The lowest BCUT2D eigenvalue weighted by Gasteiger charge is -2.04. The average molecular weight is 236 g/mol. The van der Waals surface area contributed by atoms with Crippen LogP contribution in [0.4, 0.5) is 0 Å². The molecule has 3 rings (SSSR count). The van der Waals surface area contributed by atoms with Crippen molar-refractivity contribution >= 4 is 0 Å². The lowest BCUT2D eigenvalue weighted by Crippen LogP contribution is -1.87. The minimum absolute atomic E-state index is 0.0946. The Morgan fingerprint density at radius 3 is 2.67 bits per heavy atom. The maximum Gasteiger partial charge on any atom is 0.117 e. The molecular weight excluding hydrogens is 224 g/mol. The second-order valence-corrected chi connectivity index (χ2v) is 4.63. The van der Waals surface area contributed by atoms with Crippen molar-refractivity contribution in [2.45, 2.75) is 18.8 Å². The molecule has 1 aliphatic carbocycles. The van der Waals surface area contributed by atoms with Gasteiger partial charge in [-0.05, 0) is 48.6 Å². The van der Waals surface area contributed by atoms with Crippen LogP contribution in [0.5, 0.6) is 5.75 Å². The van der Waals surface area contributed by atoms with Crippen LogP contribution in [-0.4, -0.2) is 10.1 Å². The Hall–Kier alpha value is -2.34. The minimum atomic E-state index is 0.0946. The van der Waals surface area contributed by atoms with Crippen LogP contribution in [0, 0.1) is 11.3 Å². The average Bonchev–Trinajstić information content (AvgIpc) is 3.22. The highest BCUT2D eigenvalue weighted by Crippen LogP contribution is 2.40. The summed E-state index contributed by atoms with van der Waals surface area (Å²) in [7, 11) is 0. The summed E-state index contributed by atoms with van der Waals surface area (Å²) in [6, 6.07) is 10.9. The largest absolute Gasteiger partial charge is 0.508 e. The summed E-state index contributed by atoms with van der Waals surface area (Å²) in [5.41, 5.74) is 3.28. The van der Waals surface area contributed by atoms with E-state index in [4.69, 9.17) is 5.26 Å². The summed E-state index contributed by atoms with van der Waals surface area (Å²) in [4.78, 5) is 4.41. The summed E-state index contributed by atoms with van der Waals surface area (Å²) in [5, 5.41) is 18.4. The zero-order valence-corrected chi connectivity index (χ0v) is 9.80. The number of aromatic nitrogens is 1.